The van der Waals surface area contributed by atoms with Crippen LogP contribution in [0.5, 0.6) is 0 Å². The summed E-state index contributed by atoms with van der Waals surface area (Å²) in [6.45, 7) is 26.7. The number of H-pyrrole nitrogens is 1. The van der Waals surface area contributed by atoms with Gasteiger partial charge in [0.15, 0.2) is 0 Å². The molecule has 0 spiro atoms. The summed E-state index contributed by atoms with van der Waals surface area (Å²) >= 11 is 0. The number of carboxylic acid groups (broad SMARTS) is 1. The first-order chi connectivity index (χ1) is 59.5. The number of carbonyl (C=O) groups is 18. The van der Waals surface area contributed by atoms with E-state index < -0.39 is 252 Å². The van der Waals surface area contributed by atoms with Gasteiger partial charge in [0, 0.05) is 18.3 Å². The molecular weight excluding hydrogens is 1660 g/mol. The topological polar surface area (TPSA) is 719 Å². The van der Waals surface area contributed by atoms with Crippen molar-refractivity contribution in [2.24, 2.45) is 70.1 Å². The van der Waals surface area contributed by atoms with Crippen LogP contribution >= 0.6 is 0 Å². The SMILES string of the molecule is CC[C@H](C)[C@H](NC(=O)[C@H](CC(=O)O)NC(=O)[C@@H](NC(=O)[C@@H](NC(=O)[C@H](CCCCN)NC(=O)[C@@H](N)CO)[C@@H](C)CC)[C@@H](C)O)C(=O)N[C@@H](CC(C)C)C(=O)N[C@@H](C)C(=O)N[C@@H](CCCCN)C(=O)N[C@@H](CC(C)C)C(=O)NCC(=O)N[C@@H](CCCCN)C(=O)N[C@H](C(=O)N[C@@H](CC(C)C)C(=O)N[C@@H](C)C(=O)N[C@@H](Cc1cnc[nH]1)C(=O)N[C@H](C(N)=O)C(C)C)C(C)C. The Morgan fingerprint density at radius 1 is 0.386 bits per heavy atom. The lowest BCUT2D eigenvalue weighted by atomic mass is 9.96. The molecule has 1 heterocycles. The Labute approximate surface area is 744 Å². The van der Waals surface area contributed by atoms with Gasteiger partial charge in [0.05, 0.1) is 32.0 Å². The van der Waals surface area contributed by atoms with Crippen molar-refractivity contribution in [1.29, 1.82) is 0 Å². The van der Waals surface area contributed by atoms with Gasteiger partial charge in [-0.05, 0) is 159 Å². The number of aliphatic carboxylic acids is 1. The molecule has 0 saturated carbocycles. The molecule has 0 aromatic carbocycles. The monoisotopic (exact) mass is 1800 g/mol. The lowest BCUT2D eigenvalue weighted by Gasteiger charge is -2.31. The normalized spacial score (nSPS) is 15.9. The largest absolute Gasteiger partial charge is 0.481 e. The average Bonchev–Trinajstić information content (AvgIpc) is 1.23. The van der Waals surface area contributed by atoms with Crippen LogP contribution in [0.4, 0.5) is 0 Å². The Bertz CT molecular complexity index is 3720. The number of nitrogens with one attached hydrogen (secondary N) is 17. The molecule has 0 unspecified atom stereocenters. The minimum atomic E-state index is -1.98. The second-order valence-electron chi connectivity index (χ2n) is 34.5. The molecule has 30 N–H and O–H groups in total. The minimum Gasteiger partial charge on any atom is -0.481 e. The van der Waals surface area contributed by atoms with Crippen molar-refractivity contribution in [3.8, 4) is 0 Å². The summed E-state index contributed by atoms with van der Waals surface area (Å²) < 4.78 is 0. The highest BCUT2D eigenvalue weighted by atomic mass is 16.4. The molecule has 1 rings (SSSR count). The number of nitrogens with two attached hydrogens (primary N) is 5. The fraction of sp³-hybridized carbons (Fsp3) is 0.747. The van der Waals surface area contributed by atoms with E-state index in [1.54, 1.807) is 96.9 Å². The highest BCUT2D eigenvalue weighted by molar-refractivity contribution is 6.01. The molecule has 0 fully saturated rings. The van der Waals surface area contributed by atoms with Crippen molar-refractivity contribution in [1.82, 2.24) is 95.0 Å². The van der Waals surface area contributed by atoms with Gasteiger partial charge in [-0.3, -0.25) is 86.3 Å². The lowest BCUT2D eigenvalue weighted by Crippen LogP contribution is -2.63. The minimum absolute atomic E-state index is 0.00771. The second kappa shape index (κ2) is 59.5. The van der Waals surface area contributed by atoms with E-state index >= 15 is 0 Å². The number of hydrogen-bond acceptors (Lipinski definition) is 25. The number of carbonyl (C=O) groups excluding carboxylic acids is 17. The third-order valence-electron chi connectivity index (χ3n) is 21.0. The number of aliphatic hydroxyl groups is 2. The van der Waals surface area contributed by atoms with Crippen molar-refractivity contribution >= 4 is 106 Å². The molecule has 0 bridgehead atoms. The third kappa shape index (κ3) is 42.7. The highest BCUT2D eigenvalue weighted by Crippen LogP contribution is 2.18. The summed E-state index contributed by atoms with van der Waals surface area (Å²) in [4.78, 5) is 255. The van der Waals surface area contributed by atoms with Gasteiger partial charge >= 0.3 is 5.97 Å². The molecule has 0 aliphatic rings. The van der Waals surface area contributed by atoms with Gasteiger partial charge in [0.2, 0.25) is 100 Å². The van der Waals surface area contributed by atoms with E-state index in [1.807, 2.05) is 0 Å². The van der Waals surface area contributed by atoms with E-state index in [2.05, 4.69) is 95.0 Å². The molecule has 19 atom stereocenters. The van der Waals surface area contributed by atoms with E-state index in [0.29, 0.717) is 37.8 Å². The summed E-state index contributed by atoms with van der Waals surface area (Å²) in [5, 5.41) is 71.3. The summed E-state index contributed by atoms with van der Waals surface area (Å²) in [5.41, 5.74) is 29.0. The number of rotatable bonds is 63. The Morgan fingerprint density at radius 3 is 1.10 bits per heavy atom. The zero-order chi connectivity index (χ0) is 96.8. The maximum atomic E-state index is 14.5. The van der Waals surface area contributed by atoms with Crippen LogP contribution in [0.15, 0.2) is 12.5 Å². The molecule has 127 heavy (non-hydrogen) atoms. The maximum Gasteiger partial charge on any atom is 0.305 e. The molecule has 0 aliphatic heterocycles. The van der Waals surface area contributed by atoms with Crippen LogP contribution < -0.4 is 114 Å². The first-order valence-electron chi connectivity index (χ1n) is 44.0. The first kappa shape index (κ1) is 114. The second-order valence-corrected chi connectivity index (χ2v) is 34.5. The molecule has 722 valence electrons. The number of primary amides is 1. The predicted octanol–water partition coefficient (Wildman–Crippen LogP) is -5.03. The summed E-state index contributed by atoms with van der Waals surface area (Å²) in [6.07, 6.45) is 2.67. The van der Waals surface area contributed by atoms with E-state index in [0.717, 1.165) is 6.92 Å². The van der Waals surface area contributed by atoms with Crippen LogP contribution in [0.2, 0.25) is 0 Å². The zero-order valence-electron chi connectivity index (χ0n) is 76.9. The predicted molar refractivity (Wildman–Crippen MR) is 469 cm³/mol. The Balaban J connectivity index is 3.45. The highest BCUT2D eigenvalue weighted by Gasteiger charge is 2.41. The van der Waals surface area contributed by atoms with Crippen molar-refractivity contribution in [3.63, 3.8) is 0 Å². The lowest BCUT2D eigenvalue weighted by molar-refractivity contribution is -0.142. The van der Waals surface area contributed by atoms with Gasteiger partial charge in [-0.15, -0.1) is 0 Å². The molecular formula is C83H149N23O21. The van der Waals surface area contributed by atoms with Crippen LogP contribution in [-0.2, 0) is 92.7 Å². The van der Waals surface area contributed by atoms with Crippen LogP contribution in [-0.4, -0.2) is 267 Å². The standard InChI is InChI=1S/C83H149N23O21/c1-18-46(13)65(105-79(123)60(36-62(110)111)101-83(127)67(50(17)108)106-82(126)66(47(14)19-2)104-75(119)55(28-22-25-31-86)96-71(115)52(87)39-107)81(125)100-58(34-43(7)8)77(121)92-48(15)69(113)95-54(27-21-24-30-85)73(117)98-56(32-41(3)4)72(116)90-38-61(109)94-53(26-20-23-29-84)74(118)103-64(45(11)12)80(124)99-57(33-42(5)6)76(120)93-49(16)70(114)97-59(35-51-37-89-40-91-51)78(122)102-63(44(9)10)68(88)112/h37,40-50,52-60,63-67,107-108H,18-36,38-39,84-87H2,1-17H3,(H2,88,112)(H,89,91)(H,90,116)(H,92,121)(H,93,120)(H,94,109)(H,95,113)(H,96,115)(H,97,114)(H,98,117)(H,99,124)(H,100,125)(H,101,127)(H,102,122)(H,103,118)(H,104,119)(H,105,123)(H,106,126)(H,110,111)/t46-,47-,48-,49-,50+,52-,53-,54-,55-,56-,57-,58-,59-,60-,63-,64-,65-,66-,67-/m0/s1. The number of carboxylic acids is 1. The number of nitrogens with zero attached hydrogens (tertiary/aromatic N) is 1. The molecule has 17 amide bonds. The number of aromatic nitrogens is 2. The molecule has 0 radical (unpaired) electrons. The van der Waals surface area contributed by atoms with Gasteiger partial charge in [-0.1, -0.05) is 110 Å². The molecule has 0 saturated heterocycles. The Morgan fingerprint density at radius 2 is 0.717 bits per heavy atom. The average molecular weight is 1810 g/mol. The summed E-state index contributed by atoms with van der Waals surface area (Å²) in [7, 11) is 0. The van der Waals surface area contributed by atoms with Crippen LogP contribution in [0.25, 0.3) is 0 Å². The molecule has 44 nitrogen and oxygen atoms in total. The summed E-state index contributed by atoms with van der Waals surface area (Å²) in [6, 6.07) is -22.5. The number of amides is 17. The first-order valence-corrected chi connectivity index (χ1v) is 44.0. The van der Waals surface area contributed by atoms with Crippen LogP contribution in [0, 0.1) is 41.4 Å². The number of aromatic amines is 1. The van der Waals surface area contributed by atoms with Gasteiger partial charge in [0.25, 0.3) is 0 Å². The number of imidazole rings is 1. The third-order valence-corrected chi connectivity index (χ3v) is 21.0. The Kier molecular flexibility index (Phi) is 53.6. The van der Waals surface area contributed by atoms with Gasteiger partial charge < -0.3 is 134 Å². The van der Waals surface area contributed by atoms with E-state index in [1.165, 1.54) is 26.4 Å². The van der Waals surface area contributed by atoms with E-state index in [-0.39, 0.29) is 102 Å². The van der Waals surface area contributed by atoms with Gasteiger partial charge in [-0.2, -0.15) is 0 Å². The van der Waals surface area contributed by atoms with Crippen molar-refractivity contribution in [3.05, 3.63) is 18.2 Å². The zero-order valence-corrected chi connectivity index (χ0v) is 76.9. The quantitative estimate of drug-likeness (QED) is 0.0272. The van der Waals surface area contributed by atoms with E-state index in [4.69, 9.17) is 28.7 Å². The smallest absolute Gasteiger partial charge is 0.305 e. The van der Waals surface area contributed by atoms with Gasteiger partial charge in [-0.25, -0.2) is 4.98 Å². The molecule has 0 aliphatic carbocycles. The number of aliphatic hydroxyl groups excluding tert-OH is 2. The fourth-order valence-corrected chi connectivity index (χ4v) is 13.1. The molecule has 44 heteroatoms. The van der Waals surface area contributed by atoms with Crippen LogP contribution in [0.1, 0.15) is 220 Å². The molecule has 1 aromatic rings. The summed E-state index contributed by atoms with van der Waals surface area (Å²) in [5.74, 6) is -19.9. The van der Waals surface area contributed by atoms with Crippen molar-refractivity contribution in [2.75, 3.05) is 32.8 Å². The fourth-order valence-electron chi connectivity index (χ4n) is 13.1. The van der Waals surface area contributed by atoms with Gasteiger partial charge in [0.1, 0.15) is 96.7 Å². The number of unbranched alkanes of at least 4 members (excludes halogenated alkanes) is 3. The van der Waals surface area contributed by atoms with Crippen molar-refractivity contribution in [2.45, 2.75) is 323 Å². The van der Waals surface area contributed by atoms with E-state index in [9.17, 15) is 102 Å². The Hall–Kier alpha value is -10.6. The van der Waals surface area contributed by atoms with Crippen LogP contribution in [0.3, 0.4) is 0 Å². The maximum absolute atomic E-state index is 14.5. The number of hydrogen-bond donors (Lipinski definition) is 25. The van der Waals surface area contributed by atoms with Crippen molar-refractivity contribution < 1.29 is 102 Å². The molecule has 1 aromatic heterocycles.